The predicted octanol–water partition coefficient (Wildman–Crippen LogP) is 2.59. The molecule has 0 aliphatic carbocycles. The van der Waals surface area contributed by atoms with E-state index in [9.17, 15) is 8.42 Å². The molecule has 0 radical (unpaired) electrons. The normalized spacial score (nSPS) is 27.9. The molecule has 2 unspecified atom stereocenters. The van der Waals surface area contributed by atoms with Gasteiger partial charge in [-0.15, -0.1) is 0 Å². The van der Waals surface area contributed by atoms with Gasteiger partial charge >= 0.3 is 0 Å². The lowest BCUT2D eigenvalue weighted by Crippen LogP contribution is -2.52. The van der Waals surface area contributed by atoms with Gasteiger partial charge in [-0.1, -0.05) is 6.42 Å². The number of rotatable bonds is 3. The Labute approximate surface area is 140 Å². The molecule has 2 atom stereocenters. The van der Waals surface area contributed by atoms with Gasteiger partial charge in [-0.25, -0.2) is 8.42 Å². The third-order valence-corrected chi connectivity index (χ3v) is 7.14. The number of nitrogens with one attached hydrogen (secondary N) is 1. The van der Waals surface area contributed by atoms with Crippen molar-refractivity contribution in [3.8, 4) is 0 Å². The molecule has 3 rings (SSSR count). The minimum Gasteiger partial charge on any atom is -0.312 e. The van der Waals surface area contributed by atoms with Gasteiger partial charge in [0, 0.05) is 22.2 Å². The first-order chi connectivity index (χ1) is 10.1. The molecule has 1 aromatic rings. The van der Waals surface area contributed by atoms with Gasteiger partial charge in [0.25, 0.3) is 0 Å². The molecule has 1 N–H and O–H groups in total. The van der Waals surface area contributed by atoms with Gasteiger partial charge in [-0.2, -0.15) is 4.31 Å². The molecule has 4 nitrogen and oxygen atoms in total. The lowest BCUT2D eigenvalue weighted by atomic mass is 9.97. The van der Waals surface area contributed by atoms with Crippen molar-refractivity contribution in [2.75, 3.05) is 13.1 Å². The van der Waals surface area contributed by atoms with Gasteiger partial charge in [0.1, 0.15) is 0 Å². The highest BCUT2D eigenvalue weighted by molar-refractivity contribution is 14.1. The summed E-state index contributed by atoms with van der Waals surface area (Å²) in [6, 6.07) is 7.62. The van der Waals surface area contributed by atoms with E-state index in [1.807, 2.05) is 12.1 Å². The molecule has 0 spiro atoms. The third-order valence-electron chi connectivity index (χ3n) is 4.48. The van der Waals surface area contributed by atoms with E-state index in [0.29, 0.717) is 17.5 Å². The molecule has 6 heteroatoms. The average molecular weight is 420 g/mol. The van der Waals surface area contributed by atoms with Gasteiger partial charge in [0.15, 0.2) is 0 Å². The zero-order chi connectivity index (χ0) is 14.9. The Morgan fingerprint density at radius 3 is 2.52 bits per heavy atom. The summed E-state index contributed by atoms with van der Waals surface area (Å²) >= 11 is 2.20. The first-order valence-electron chi connectivity index (χ1n) is 7.60. The molecule has 0 amide bonds. The molecular weight excluding hydrogens is 399 g/mol. The third kappa shape index (κ3) is 3.28. The van der Waals surface area contributed by atoms with Gasteiger partial charge in [0.2, 0.25) is 10.0 Å². The second kappa shape index (κ2) is 6.52. The van der Waals surface area contributed by atoms with Gasteiger partial charge in [0.05, 0.1) is 4.90 Å². The highest BCUT2D eigenvalue weighted by Gasteiger charge is 2.38. The van der Waals surface area contributed by atoms with Crippen LogP contribution in [-0.4, -0.2) is 37.9 Å². The number of sulfonamides is 1. The van der Waals surface area contributed by atoms with Crippen LogP contribution in [-0.2, 0) is 10.0 Å². The summed E-state index contributed by atoms with van der Waals surface area (Å²) in [4.78, 5) is 0.424. The Hall–Kier alpha value is -0.180. The monoisotopic (exact) mass is 420 g/mol. The van der Waals surface area contributed by atoms with E-state index in [1.165, 1.54) is 0 Å². The van der Waals surface area contributed by atoms with Crippen LogP contribution in [0.4, 0.5) is 0 Å². The Balaban J connectivity index is 1.89. The zero-order valence-corrected chi connectivity index (χ0v) is 14.9. The molecule has 21 heavy (non-hydrogen) atoms. The number of benzene rings is 1. The molecular formula is C15H21IN2O2S. The fraction of sp³-hybridized carbons (Fsp3) is 0.600. The zero-order valence-electron chi connectivity index (χ0n) is 12.0. The second-order valence-corrected chi connectivity index (χ2v) is 8.97. The number of halogens is 1. The smallest absolute Gasteiger partial charge is 0.243 e. The van der Waals surface area contributed by atoms with E-state index in [0.717, 1.165) is 42.2 Å². The number of nitrogens with zero attached hydrogens (tertiary/aromatic N) is 1. The summed E-state index contributed by atoms with van der Waals surface area (Å²) in [5, 5.41) is 3.48. The molecule has 2 aliphatic rings. The topological polar surface area (TPSA) is 49.4 Å². The van der Waals surface area contributed by atoms with Crippen molar-refractivity contribution in [1.29, 1.82) is 0 Å². The van der Waals surface area contributed by atoms with Crippen LogP contribution in [0.1, 0.15) is 32.1 Å². The number of hydrogen-bond acceptors (Lipinski definition) is 3. The van der Waals surface area contributed by atoms with Crippen molar-refractivity contribution < 1.29 is 8.42 Å². The molecule has 0 aromatic heterocycles. The summed E-state index contributed by atoms with van der Waals surface area (Å²) in [6.07, 6.45) is 5.30. The minimum absolute atomic E-state index is 0.116. The summed E-state index contributed by atoms with van der Waals surface area (Å²) in [7, 11) is -3.38. The Kier molecular flexibility index (Phi) is 4.87. The lowest BCUT2D eigenvalue weighted by Gasteiger charge is -2.38. The fourth-order valence-electron chi connectivity index (χ4n) is 3.41. The van der Waals surface area contributed by atoms with Crippen LogP contribution in [0.25, 0.3) is 0 Å². The standard InChI is InChI=1S/C15H21IN2O2S/c16-12-6-8-13(9-7-12)21(19,20)18-11-2-1-5-15(18)14-4-3-10-17-14/h6-9,14-15,17H,1-5,10-11H2. The first-order valence-corrected chi connectivity index (χ1v) is 10.1. The highest BCUT2D eigenvalue weighted by Crippen LogP contribution is 2.29. The number of hydrogen-bond donors (Lipinski definition) is 1. The highest BCUT2D eigenvalue weighted by atomic mass is 127. The second-order valence-electron chi connectivity index (χ2n) is 5.84. The van der Waals surface area contributed by atoms with Crippen LogP contribution >= 0.6 is 22.6 Å². The van der Waals surface area contributed by atoms with Crippen LogP contribution in [0, 0.1) is 3.57 Å². The SMILES string of the molecule is O=S(=O)(c1ccc(I)cc1)N1CCCCC1C1CCCN1. The first kappa shape index (κ1) is 15.7. The van der Waals surface area contributed by atoms with Gasteiger partial charge in [-0.05, 0) is 79.1 Å². The van der Waals surface area contributed by atoms with Crippen LogP contribution in [0.3, 0.4) is 0 Å². The van der Waals surface area contributed by atoms with Crippen molar-refractivity contribution in [2.45, 2.75) is 49.1 Å². The Bertz CT molecular complexity index is 582. The maximum absolute atomic E-state index is 13.0. The van der Waals surface area contributed by atoms with E-state index < -0.39 is 10.0 Å². The molecule has 0 saturated carbocycles. The van der Waals surface area contributed by atoms with Crippen LogP contribution in [0.15, 0.2) is 29.2 Å². The maximum Gasteiger partial charge on any atom is 0.243 e. The lowest BCUT2D eigenvalue weighted by molar-refractivity contribution is 0.211. The van der Waals surface area contributed by atoms with Crippen LogP contribution < -0.4 is 5.32 Å². The largest absolute Gasteiger partial charge is 0.312 e. The van der Waals surface area contributed by atoms with Crippen molar-refractivity contribution in [3.63, 3.8) is 0 Å². The molecule has 2 aliphatic heterocycles. The van der Waals surface area contributed by atoms with E-state index in [4.69, 9.17) is 0 Å². The van der Waals surface area contributed by atoms with Crippen molar-refractivity contribution in [3.05, 3.63) is 27.8 Å². The van der Waals surface area contributed by atoms with Gasteiger partial charge < -0.3 is 5.32 Å². The molecule has 2 fully saturated rings. The summed E-state index contributed by atoms with van der Waals surface area (Å²) in [5.41, 5.74) is 0. The minimum atomic E-state index is -3.38. The van der Waals surface area contributed by atoms with Crippen molar-refractivity contribution >= 4 is 32.6 Å². The van der Waals surface area contributed by atoms with Gasteiger partial charge in [-0.3, -0.25) is 0 Å². The molecule has 2 saturated heterocycles. The van der Waals surface area contributed by atoms with Crippen LogP contribution in [0.5, 0.6) is 0 Å². The average Bonchev–Trinajstić information content (AvgIpc) is 3.02. The Morgan fingerprint density at radius 2 is 1.86 bits per heavy atom. The molecule has 2 heterocycles. The predicted molar refractivity (Wildman–Crippen MR) is 91.7 cm³/mol. The molecule has 1 aromatic carbocycles. The molecule has 116 valence electrons. The number of piperidine rings is 1. The summed E-state index contributed by atoms with van der Waals surface area (Å²) in [5.74, 6) is 0. The fourth-order valence-corrected chi connectivity index (χ4v) is 5.50. The van der Waals surface area contributed by atoms with Crippen molar-refractivity contribution in [2.24, 2.45) is 0 Å². The summed E-state index contributed by atoms with van der Waals surface area (Å²) < 4.78 is 28.7. The van der Waals surface area contributed by atoms with E-state index in [1.54, 1.807) is 16.4 Å². The summed E-state index contributed by atoms with van der Waals surface area (Å²) in [6.45, 7) is 1.66. The maximum atomic E-state index is 13.0. The van der Waals surface area contributed by atoms with E-state index in [-0.39, 0.29) is 6.04 Å². The van der Waals surface area contributed by atoms with Crippen LogP contribution in [0.2, 0.25) is 0 Å². The quantitative estimate of drug-likeness (QED) is 0.765. The Morgan fingerprint density at radius 1 is 1.10 bits per heavy atom. The van der Waals surface area contributed by atoms with E-state index >= 15 is 0 Å². The molecule has 0 bridgehead atoms. The van der Waals surface area contributed by atoms with Crippen molar-refractivity contribution in [1.82, 2.24) is 9.62 Å². The van der Waals surface area contributed by atoms with E-state index in [2.05, 4.69) is 27.9 Å².